The van der Waals surface area contributed by atoms with E-state index in [4.69, 9.17) is 0 Å². The molecular formula is C4H7SY-. The number of hydrogen-bond donors (Lipinski definition) is 0. The summed E-state index contributed by atoms with van der Waals surface area (Å²) < 4.78 is 0. The third kappa shape index (κ3) is 8.91. The average Bonchev–Trinajstić information content (AvgIpc) is 1.38. The van der Waals surface area contributed by atoms with Crippen molar-refractivity contribution in [1.82, 2.24) is 0 Å². The maximum Gasteiger partial charge on any atom is 0 e. The van der Waals surface area contributed by atoms with Gasteiger partial charge in [0.05, 0.1) is 0 Å². The molecule has 0 aliphatic heterocycles. The van der Waals surface area contributed by atoms with Crippen molar-refractivity contribution in [2.75, 3.05) is 0 Å². The molecule has 0 atom stereocenters. The standard InChI is InChI=1S/C4H7S.Y/c1-3-4(2)5;/h2-3H2,1H3;/q-1;. The van der Waals surface area contributed by atoms with Crippen LogP contribution in [-0.4, -0.2) is 4.86 Å². The van der Waals surface area contributed by atoms with Crippen molar-refractivity contribution in [3.8, 4) is 0 Å². The molecule has 0 heterocycles. The van der Waals surface area contributed by atoms with Crippen LogP contribution in [0.1, 0.15) is 13.3 Å². The zero-order valence-corrected chi connectivity index (χ0v) is 7.55. The molecular weight excluding hydrogens is 169 g/mol. The Bertz CT molecular complexity index is 42.8. The zero-order valence-electron chi connectivity index (χ0n) is 3.90. The van der Waals surface area contributed by atoms with E-state index in [1.54, 1.807) is 0 Å². The molecule has 0 aliphatic rings. The maximum absolute atomic E-state index is 4.59. The predicted octanol–water partition coefficient (Wildman–Crippen LogP) is 1.60. The summed E-state index contributed by atoms with van der Waals surface area (Å²) in [4.78, 5) is 0.838. The Morgan fingerprint density at radius 3 is 2.00 bits per heavy atom. The van der Waals surface area contributed by atoms with Gasteiger partial charge in [-0.1, -0.05) is 13.3 Å². The smallest absolute Gasteiger partial charge is 0 e. The van der Waals surface area contributed by atoms with Crippen LogP contribution in [0.4, 0.5) is 0 Å². The SMILES string of the molecule is [CH2-]C(=S)CC.[Y]. The summed E-state index contributed by atoms with van der Waals surface area (Å²) in [6.07, 6.45) is 0.926. The Morgan fingerprint density at radius 2 is 2.00 bits per heavy atom. The van der Waals surface area contributed by atoms with Crippen LogP contribution in [0, 0.1) is 6.92 Å². The third-order valence-electron chi connectivity index (χ3n) is 0.394. The van der Waals surface area contributed by atoms with Gasteiger partial charge in [-0.2, -0.15) is 0 Å². The number of hydrogen-bond acceptors (Lipinski definition) is 1. The average molecular weight is 176 g/mol. The van der Waals surface area contributed by atoms with Crippen LogP contribution >= 0.6 is 12.2 Å². The van der Waals surface area contributed by atoms with Crippen molar-refractivity contribution >= 4 is 17.1 Å². The van der Waals surface area contributed by atoms with Gasteiger partial charge in [0.25, 0.3) is 0 Å². The van der Waals surface area contributed by atoms with E-state index in [-0.39, 0.29) is 32.7 Å². The molecule has 0 aliphatic carbocycles. The molecule has 0 saturated heterocycles. The fraction of sp³-hybridized carbons (Fsp3) is 0.500. The molecule has 0 fully saturated rings. The Hall–Kier alpha value is 1.06. The van der Waals surface area contributed by atoms with Gasteiger partial charge in [0, 0.05) is 32.7 Å². The van der Waals surface area contributed by atoms with E-state index in [0.717, 1.165) is 11.3 Å². The molecule has 0 unspecified atom stereocenters. The fourth-order valence-corrected chi connectivity index (χ4v) is 0. The first-order valence-corrected chi connectivity index (χ1v) is 2.03. The molecule has 0 saturated carbocycles. The largest absolute Gasteiger partial charge is 0.368 e. The van der Waals surface area contributed by atoms with E-state index in [1.165, 1.54) is 0 Å². The molecule has 0 rings (SSSR count). The van der Waals surface area contributed by atoms with Crippen LogP contribution in [0.5, 0.6) is 0 Å². The molecule has 0 bridgehead atoms. The van der Waals surface area contributed by atoms with Crippen molar-refractivity contribution in [3.63, 3.8) is 0 Å². The molecule has 1 radical (unpaired) electrons. The fourth-order valence-electron chi connectivity index (χ4n) is 0. The monoisotopic (exact) mass is 176 g/mol. The summed E-state index contributed by atoms with van der Waals surface area (Å²) in [6, 6.07) is 0. The van der Waals surface area contributed by atoms with Crippen molar-refractivity contribution in [1.29, 1.82) is 0 Å². The Labute approximate surface area is 69.6 Å². The summed E-state index contributed by atoms with van der Waals surface area (Å²) in [5, 5.41) is 0. The first-order valence-electron chi connectivity index (χ1n) is 1.62. The first kappa shape index (κ1) is 10.1. The zero-order chi connectivity index (χ0) is 4.28. The van der Waals surface area contributed by atoms with Crippen LogP contribution in [0.2, 0.25) is 0 Å². The van der Waals surface area contributed by atoms with Gasteiger partial charge in [-0.25, -0.2) is 0 Å². The third-order valence-corrected chi connectivity index (χ3v) is 0.683. The quantitative estimate of drug-likeness (QED) is 0.432. The summed E-state index contributed by atoms with van der Waals surface area (Å²) in [5.41, 5.74) is 0. The topological polar surface area (TPSA) is 0 Å². The van der Waals surface area contributed by atoms with E-state index in [0.29, 0.717) is 0 Å². The summed E-state index contributed by atoms with van der Waals surface area (Å²) in [5.74, 6) is 0. The Morgan fingerprint density at radius 1 is 1.83 bits per heavy atom. The van der Waals surface area contributed by atoms with Crippen molar-refractivity contribution in [3.05, 3.63) is 6.92 Å². The molecule has 0 spiro atoms. The van der Waals surface area contributed by atoms with Gasteiger partial charge in [0.15, 0.2) is 0 Å². The molecule has 0 nitrogen and oxygen atoms in total. The van der Waals surface area contributed by atoms with Crippen LogP contribution in [0.15, 0.2) is 0 Å². The molecule has 0 aromatic rings. The molecule has 0 aromatic carbocycles. The van der Waals surface area contributed by atoms with Gasteiger partial charge in [0.2, 0.25) is 0 Å². The van der Waals surface area contributed by atoms with Gasteiger partial charge >= 0.3 is 0 Å². The van der Waals surface area contributed by atoms with Crippen LogP contribution in [-0.2, 0) is 32.7 Å². The summed E-state index contributed by atoms with van der Waals surface area (Å²) in [6.45, 7) is 5.48. The molecule has 2 heteroatoms. The van der Waals surface area contributed by atoms with Gasteiger partial charge in [-0.05, 0) is 0 Å². The first-order chi connectivity index (χ1) is 2.27. The molecule has 0 amide bonds. The minimum absolute atomic E-state index is 0. The second kappa shape index (κ2) is 6.06. The molecule has 0 N–H and O–H groups in total. The summed E-state index contributed by atoms with van der Waals surface area (Å²) in [7, 11) is 0. The van der Waals surface area contributed by atoms with E-state index in [9.17, 15) is 0 Å². The second-order valence-electron chi connectivity index (χ2n) is 0.892. The maximum atomic E-state index is 4.59. The van der Waals surface area contributed by atoms with E-state index in [1.807, 2.05) is 6.92 Å². The van der Waals surface area contributed by atoms with E-state index in [2.05, 4.69) is 19.1 Å². The van der Waals surface area contributed by atoms with Gasteiger partial charge in [0.1, 0.15) is 0 Å². The van der Waals surface area contributed by atoms with Gasteiger partial charge in [-0.3, -0.25) is 0 Å². The molecule has 6 heavy (non-hydrogen) atoms. The second-order valence-corrected chi connectivity index (χ2v) is 1.47. The Kier molecular flexibility index (Phi) is 10.2. The van der Waals surface area contributed by atoms with Crippen molar-refractivity contribution < 1.29 is 32.7 Å². The minimum Gasteiger partial charge on any atom is -0.368 e. The van der Waals surface area contributed by atoms with E-state index < -0.39 is 0 Å². The van der Waals surface area contributed by atoms with Crippen LogP contribution in [0.3, 0.4) is 0 Å². The number of thiocarbonyl (C=S) groups is 1. The van der Waals surface area contributed by atoms with Crippen LogP contribution < -0.4 is 0 Å². The predicted molar refractivity (Wildman–Crippen MR) is 28.2 cm³/mol. The van der Waals surface area contributed by atoms with Crippen molar-refractivity contribution in [2.45, 2.75) is 13.3 Å². The van der Waals surface area contributed by atoms with Crippen LogP contribution in [0.25, 0.3) is 0 Å². The van der Waals surface area contributed by atoms with E-state index >= 15 is 0 Å². The molecule has 33 valence electrons. The minimum atomic E-state index is 0. The Balaban J connectivity index is 0. The normalized spacial score (nSPS) is 6.17. The van der Waals surface area contributed by atoms with Crippen molar-refractivity contribution in [2.24, 2.45) is 0 Å². The van der Waals surface area contributed by atoms with Gasteiger partial charge in [-0.15, -0.1) is 17.1 Å². The summed E-state index contributed by atoms with van der Waals surface area (Å²) >= 11 is 4.59. The molecule has 0 aromatic heterocycles. The number of rotatable bonds is 1. The van der Waals surface area contributed by atoms with Gasteiger partial charge < -0.3 is 6.92 Å².